The molecular weight excluding hydrogens is 332 g/mol. The van der Waals surface area contributed by atoms with E-state index in [0.717, 1.165) is 10.4 Å². The highest BCUT2D eigenvalue weighted by atomic mass is 32.2. The molecule has 0 radical (unpaired) electrons. The van der Waals surface area contributed by atoms with Gasteiger partial charge in [-0.3, -0.25) is 9.00 Å². The molecule has 0 aliphatic carbocycles. The summed E-state index contributed by atoms with van der Waals surface area (Å²) in [5.74, 6) is 0.127. The minimum absolute atomic E-state index is 0.237. The van der Waals surface area contributed by atoms with E-state index in [4.69, 9.17) is 16.6 Å². The summed E-state index contributed by atoms with van der Waals surface area (Å²) in [6, 6.07) is 14.2. The molecule has 3 aromatic rings. The zero-order valence-electron chi connectivity index (χ0n) is 12.1. The number of aromatic amines is 1. The highest BCUT2D eigenvalue weighted by Gasteiger charge is 2.09. The number of H-pyrrole nitrogens is 1. The Kier molecular flexibility index (Phi) is 4.68. The van der Waals surface area contributed by atoms with Crippen LogP contribution in [0.1, 0.15) is 10.4 Å². The van der Waals surface area contributed by atoms with Crippen molar-refractivity contribution in [3.8, 4) is 0 Å². The van der Waals surface area contributed by atoms with Gasteiger partial charge in [0, 0.05) is 22.8 Å². The van der Waals surface area contributed by atoms with E-state index in [9.17, 15) is 9.00 Å². The van der Waals surface area contributed by atoms with E-state index >= 15 is 0 Å². The molecule has 0 spiro atoms. The Morgan fingerprint density at radius 1 is 1.22 bits per heavy atom. The second-order valence-corrected chi connectivity index (χ2v) is 6.79. The van der Waals surface area contributed by atoms with Gasteiger partial charge in [0.25, 0.3) is 10.7 Å². The molecule has 23 heavy (non-hydrogen) atoms. The number of nitrogens with one attached hydrogen (secondary N) is 2. The molecule has 0 saturated carbocycles. The van der Waals surface area contributed by atoms with Crippen molar-refractivity contribution < 1.29 is 13.4 Å². The lowest BCUT2D eigenvalue weighted by atomic mass is 10.2. The molecule has 118 valence electrons. The maximum Gasteiger partial charge on any atom is 0.266 e. The molecule has 0 aliphatic heterocycles. The number of hydrogen-bond acceptors (Lipinski definition) is 4. The van der Waals surface area contributed by atoms with Crippen LogP contribution in [-0.4, -0.2) is 27.4 Å². The van der Waals surface area contributed by atoms with Gasteiger partial charge in [-0.05, 0) is 42.5 Å². The van der Waals surface area contributed by atoms with E-state index < -0.39 is 10.8 Å². The summed E-state index contributed by atoms with van der Waals surface area (Å²) in [7, 11) is -1.13. The second-order valence-electron chi connectivity index (χ2n) is 4.84. The summed E-state index contributed by atoms with van der Waals surface area (Å²) in [5, 5.41) is 2.76. The van der Waals surface area contributed by atoms with Crippen molar-refractivity contribution in [1.29, 1.82) is 0 Å². The van der Waals surface area contributed by atoms with Gasteiger partial charge in [0.1, 0.15) is 0 Å². The number of carbonyl (C=O) groups excluding carboxylic acids is 1. The number of rotatable bonds is 5. The van der Waals surface area contributed by atoms with Crippen molar-refractivity contribution in [2.24, 2.45) is 0 Å². The standard InChI is InChI=1S/C16H14N2O3S2/c19-15(11-6-7-13-14(10-11)21-16(22)18-13)17-8-9-23(20)12-4-2-1-3-5-12/h1-7,10H,8-9H2,(H,17,19)(H,18,22)/t23-/m1/s1. The van der Waals surface area contributed by atoms with Gasteiger partial charge >= 0.3 is 0 Å². The summed E-state index contributed by atoms with van der Waals surface area (Å²) >= 11 is 4.91. The highest BCUT2D eigenvalue weighted by Crippen LogP contribution is 2.15. The van der Waals surface area contributed by atoms with Crippen molar-refractivity contribution in [2.75, 3.05) is 12.3 Å². The Balaban J connectivity index is 1.60. The van der Waals surface area contributed by atoms with E-state index in [-0.39, 0.29) is 10.7 Å². The normalized spacial score (nSPS) is 12.2. The zero-order chi connectivity index (χ0) is 16.2. The maximum absolute atomic E-state index is 12.1. The smallest absolute Gasteiger partial charge is 0.266 e. The number of benzene rings is 2. The number of amides is 1. The van der Waals surface area contributed by atoms with Crippen LogP contribution in [-0.2, 0) is 10.8 Å². The zero-order valence-corrected chi connectivity index (χ0v) is 13.7. The van der Waals surface area contributed by atoms with Gasteiger partial charge < -0.3 is 14.7 Å². The lowest BCUT2D eigenvalue weighted by Crippen LogP contribution is -2.27. The highest BCUT2D eigenvalue weighted by molar-refractivity contribution is 7.85. The average Bonchev–Trinajstić information content (AvgIpc) is 2.94. The third-order valence-corrected chi connectivity index (χ3v) is 4.82. The van der Waals surface area contributed by atoms with Crippen LogP contribution in [0.2, 0.25) is 0 Å². The molecule has 0 aliphatic rings. The predicted octanol–water partition coefficient (Wildman–Crippen LogP) is 3.03. The lowest BCUT2D eigenvalue weighted by Gasteiger charge is -2.05. The van der Waals surface area contributed by atoms with Crippen LogP contribution >= 0.6 is 12.2 Å². The number of oxazole rings is 1. The molecule has 7 heteroatoms. The van der Waals surface area contributed by atoms with Gasteiger partial charge in [0.15, 0.2) is 5.58 Å². The topological polar surface area (TPSA) is 75.1 Å². The van der Waals surface area contributed by atoms with E-state index in [1.165, 1.54) is 0 Å². The summed E-state index contributed by atoms with van der Waals surface area (Å²) < 4.78 is 17.4. The Labute approximate surface area is 140 Å². The van der Waals surface area contributed by atoms with Crippen LogP contribution in [0.5, 0.6) is 0 Å². The molecule has 0 fully saturated rings. The first kappa shape index (κ1) is 15.6. The number of fused-ring (bicyclic) bond motifs is 1. The first-order valence-corrected chi connectivity index (χ1v) is 8.71. The Morgan fingerprint density at radius 2 is 2.00 bits per heavy atom. The van der Waals surface area contributed by atoms with Crippen molar-refractivity contribution in [3.05, 3.63) is 58.9 Å². The minimum Gasteiger partial charge on any atom is -0.429 e. The van der Waals surface area contributed by atoms with Crippen LogP contribution in [0.3, 0.4) is 0 Å². The molecule has 5 nitrogen and oxygen atoms in total. The van der Waals surface area contributed by atoms with Gasteiger partial charge in [-0.1, -0.05) is 18.2 Å². The summed E-state index contributed by atoms with van der Waals surface area (Å²) in [5.41, 5.74) is 1.76. The van der Waals surface area contributed by atoms with Gasteiger partial charge in [-0.25, -0.2) is 0 Å². The first-order chi connectivity index (χ1) is 11.1. The molecule has 0 saturated heterocycles. The molecule has 0 unspecified atom stereocenters. The lowest BCUT2D eigenvalue weighted by molar-refractivity contribution is 0.0956. The van der Waals surface area contributed by atoms with E-state index in [0.29, 0.717) is 23.4 Å². The minimum atomic E-state index is -1.13. The molecular formula is C16H14N2O3S2. The van der Waals surface area contributed by atoms with Crippen LogP contribution in [0.4, 0.5) is 0 Å². The van der Waals surface area contributed by atoms with Gasteiger partial charge in [-0.15, -0.1) is 0 Å². The van der Waals surface area contributed by atoms with E-state index in [1.807, 2.05) is 30.3 Å². The Bertz CT molecular complexity index is 916. The molecule has 3 rings (SSSR count). The first-order valence-electron chi connectivity index (χ1n) is 6.98. The number of hydrogen-bond donors (Lipinski definition) is 2. The molecule has 2 aromatic carbocycles. The van der Waals surface area contributed by atoms with Crippen LogP contribution in [0.25, 0.3) is 11.1 Å². The molecule has 0 bridgehead atoms. The predicted molar refractivity (Wildman–Crippen MR) is 91.4 cm³/mol. The second kappa shape index (κ2) is 6.89. The summed E-state index contributed by atoms with van der Waals surface area (Å²) in [4.78, 5) is 16.0. The molecule has 1 heterocycles. The molecule has 1 atom stereocenters. The SMILES string of the molecule is O=C(NCC[S@@](=O)c1ccccc1)c1ccc2[nH]c(=S)oc2c1. The van der Waals surface area contributed by atoms with Gasteiger partial charge in [0.05, 0.1) is 16.3 Å². The van der Waals surface area contributed by atoms with Crippen LogP contribution < -0.4 is 5.32 Å². The van der Waals surface area contributed by atoms with E-state index in [1.54, 1.807) is 18.2 Å². The monoisotopic (exact) mass is 346 g/mol. The number of carbonyl (C=O) groups is 1. The third-order valence-electron chi connectivity index (χ3n) is 3.26. The fourth-order valence-electron chi connectivity index (χ4n) is 2.14. The Hall–Kier alpha value is -2.25. The fourth-order valence-corrected chi connectivity index (χ4v) is 3.32. The van der Waals surface area contributed by atoms with Crippen LogP contribution in [0, 0.1) is 4.84 Å². The largest absolute Gasteiger partial charge is 0.429 e. The molecule has 2 N–H and O–H groups in total. The quantitative estimate of drug-likeness (QED) is 0.696. The van der Waals surface area contributed by atoms with Crippen molar-refractivity contribution in [3.63, 3.8) is 0 Å². The molecule has 1 amide bonds. The van der Waals surface area contributed by atoms with Crippen molar-refractivity contribution >= 4 is 40.0 Å². The maximum atomic E-state index is 12.1. The van der Waals surface area contributed by atoms with E-state index in [2.05, 4.69) is 10.3 Å². The average molecular weight is 346 g/mol. The summed E-state index contributed by atoms with van der Waals surface area (Å²) in [6.45, 7) is 0.328. The van der Waals surface area contributed by atoms with Crippen molar-refractivity contribution in [1.82, 2.24) is 10.3 Å². The Morgan fingerprint density at radius 3 is 2.78 bits per heavy atom. The van der Waals surface area contributed by atoms with Gasteiger partial charge in [-0.2, -0.15) is 0 Å². The van der Waals surface area contributed by atoms with Gasteiger partial charge in [0.2, 0.25) is 0 Å². The summed E-state index contributed by atoms with van der Waals surface area (Å²) in [6.07, 6.45) is 0. The van der Waals surface area contributed by atoms with Crippen molar-refractivity contribution in [2.45, 2.75) is 4.90 Å². The number of aromatic nitrogens is 1. The van der Waals surface area contributed by atoms with Crippen LogP contribution in [0.15, 0.2) is 57.8 Å². The fraction of sp³-hybridized carbons (Fsp3) is 0.125. The third kappa shape index (κ3) is 3.75. The molecule has 1 aromatic heterocycles.